The maximum absolute atomic E-state index is 10.8. The van der Waals surface area contributed by atoms with Gasteiger partial charge in [0.2, 0.25) is 5.76 Å². The van der Waals surface area contributed by atoms with Crippen LogP contribution in [0.5, 0.6) is 0 Å². The van der Waals surface area contributed by atoms with Crippen molar-refractivity contribution in [1.82, 2.24) is 0 Å². The summed E-state index contributed by atoms with van der Waals surface area (Å²) >= 11 is 0. The third-order valence-electron chi connectivity index (χ3n) is 4.39. The summed E-state index contributed by atoms with van der Waals surface area (Å²) in [6.45, 7) is -2.09. The number of carbonyl (C=O) groups is 3. The number of cyclic esters (lactones) is 3. The normalized spacial score (nSPS) is 24.5. The number of aliphatic hydroxyl groups excluding tert-OH is 10. The standard InChI is InChI=1S/3C6H8O6.2Na/c3*7-1-2(8)5-3(9)4(10)6(11)12-5;;/h3*2,5,7-10H,1H2;;/q;;;2*+1/p-2/t3*2-,5+;;/m100../s1. The van der Waals surface area contributed by atoms with Crippen LogP contribution in [0.4, 0.5) is 0 Å². The Balaban J connectivity index is 0. The maximum Gasteiger partial charge on any atom is 1.00 e. The van der Waals surface area contributed by atoms with Crippen molar-refractivity contribution >= 4 is 17.9 Å². The van der Waals surface area contributed by atoms with Gasteiger partial charge < -0.3 is 75.5 Å². The SMILES string of the molecule is O=C1O[C@@H]([C@H](O)CO)C(O)=C1O.O=C1O[C@H]([C@@H](O)CO)C([O-])=C1O.O=C1O[C@H]([C@@H](O)CO)C([O-])=C1O.[Na+].[Na+]. The van der Waals surface area contributed by atoms with Crippen LogP contribution in [0.1, 0.15) is 0 Å². The molecule has 0 saturated carbocycles. The van der Waals surface area contributed by atoms with Crippen molar-refractivity contribution < 1.29 is 149 Å². The first-order chi connectivity index (χ1) is 16.7. The van der Waals surface area contributed by atoms with E-state index >= 15 is 0 Å². The molecule has 0 amide bonds. The van der Waals surface area contributed by atoms with E-state index in [-0.39, 0.29) is 59.1 Å². The van der Waals surface area contributed by atoms with Gasteiger partial charge in [0.1, 0.15) is 30.5 Å². The van der Waals surface area contributed by atoms with Gasteiger partial charge in [-0.15, -0.1) is 0 Å². The van der Waals surface area contributed by atoms with E-state index < -0.39 is 109 Å². The van der Waals surface area contributed by atoms with Crippen molar-refractivity contribution in [2.75, 3.05) is 19.8 Å². The number of rotatable bonds is 6. The second kappa shape index (κ2) is 17.0. The zero-order valence-corrected chi connectivity index (χ0v) is 23.8. The molecule has 6 atom stereocenters. The Labute approximate surface area is 256 Å². The summed E-state index contributed by atoms with van der Waals surface area (Å²) in [6.07, 6.45) is -8.68. The molecule has 3 heterocycles. The van der Waals surface area contributed by atoms with E-state index in [9.17, 15) is 24.6 Å². The van der Waals surface area contributed by atoms with Gasteiger partial charge >= 0.3 is 77.0 Å². The summed E-state index contributed by atoms with van der Waals surface area (Å²) in [5.74, 6) is -9.18. The monoisotopic (exact) mass is 572 g/mol. The van der Waals surface area contributed by atoms with Crippen LogP contribution >= 0.6 is 0 Å². The van der Waals surface area contributed by atoms with Gasteiger partial charge in [-0.3, -0.25) is 0 Å². The van der Waals surface area contributed by atoms with Crippen molar-refractivity contribution in [2.45, 2.75) is 36.6 Å². The third kappa shape index (κ3) is 9.14. The first-order valence-corrected chi connectivity index (χ1v) is 9.55. The number of carbonyl (C=O) groups excluding carboxylic acids is 3. The first kappa shape index (κ1) is 38.3. The topological polar surface area (TPSA) is 327 Å². The van der Waals surface area contributed by atoms with Gasteiger partial charge in [-0.2, -0.15) is 0 Å². The molecule has 0 spiro atoms. The van der Waals surface area contributed by atoms with E-state index in [2.05, 4.69) is 14.2 Å². The number of esters is 3. The predicted octanol–water partition coefficient (Wildman–Crippen LogP) is -12.6. The Morgan fingerprint density at radius 1 is 0.579 bits per heavy atom. The molecule has 3 rings (SSSR count). The Bertz CT molecular complexity index is 827. The molecule has 0 aromatic heterocycles. The summed E-state index contributed by atoms with van der Waals surface area (Å²) in [4.78, 5) is 31.5. The summed E-state index contributed by atoms with van der Waals surface area (Å²) in [7, 11) is 0. The van der Waals surface area contributed by atoms with Gasteiger partial charge in [0, 0.05) is 0 Å². The van der Waals surface area contributed by atoms with Crippen molar-refractivity contribution in [1.29, 1.82) is 0 Å². The zero-order chi connectivity index (χ0) is 27.9. The van der Waals surface area contributed by atoms with Gasteiger partial charge in [-0.1, -0.05) is 0 Å². The van der Waals surface area contributed by atoms with Gasteiger partial charge in [0.05, 0.1) is 19.8 Å². The number of hydrogen-bond donors (Lipinski definition) is 10. The fourth-order valence-electron chi connectivity index (χ4n) is 2.44. The summed E-state index contributed by atoms with van der Waals surface area (Å²) in [5, 5.41) is 109. The molecule has 0 bridgehead atoms. The van der Waals surface area contributed by atoms with Crippen LogP contribution in [0, 0.1) is 0 Å². The average Bonchev–Trinajstić information content (AvgIpc) is 3.40. The largest absolute Gasteiger partial charge is 1.00 e. The molecule has 204 valence electrons. The fraction of sp³-hybridized carbons (Fsp3) is 0.500. The molecule has 3 aliphatic rings. The Morgan fingerprint density at radius 3 is 1.05 bits per heavy atom. The Hall–Kier alpha value is -1.81. The number of aliphatic hydroxyl groups is 10. The predicted molar refractivity (Wildman–Crippen MR) is 101 cm³/mol. The van der Waals surface area contributed by atoms with E-state index in [1.165, 1.54) is 0 Å². The van der Waals surface area contributed by atoms with Gasteiger partial charge in [0.15, 0.2) is 23.4 Å². The third-order valence-corrected chi connectivity index (χ3v) is 4.39. The van der Waals surface area contributed by atoms with Crippen molar-refractivity contribution in [2.24, 2.45) is 0 Å². The van der Waals surface area contributed by atoms with Crippen molar-refractivity contribution in [3.63, 3.8) is 0 Å². The van der Waals surface area contributed by atoms with Gasteiger partial charge in [0.25, 0.3) is 0 Å². The minimum absolute atomic E-state index is 0. The molecule has 0 aliphatic carbocycles. The molecule has 0 saturated heterocycles. The van der Waals surface area contributed by atoms with Crippen LogP contribution in [0.25, 0.3) is 0 Å². The van der Waals surface area contributed by atoms with Crippen LogP contribution in [0.3, 0.4) is 0 Å². The molecule has 0 aromatic carbocycles. The Morgan fingerprint density at radius 2 is 0.842 bits per heavy atom. The second-order valence-corrected chi connectivity index (χ2v) is 6.89. The Kier molecular flexibility index (Phi) is 17.2. The van der Waals surface area contributed by atoms with Gasteiger partial charge in [-0.05, 0) is 11.5 Å². The molecule has 3 aliphatic heterocycles. The minimum Gasteiger partial charge on any atom is -0.870 e. The maximum atomic E-state index is 10.8. The molecule has 0 fully saturated rings. The van der Waals surface area contributed by atoms with E-state index in [0.717, 1.165) is 0 Å². The van der Waals surface area contributed by atoms with Crippen LogP contribution < -0.4 is 69.3 Å². The average molecular weight is 572 g/mol. The van der Waals surface area contributed by atoms with E-state index in [1.54, 1.807) is 0 Å². The zero-order valence-electron chi connectivity index (χ0n) is 19.8. The molecule has 0 unspecified atom stereocenters. The molecule has 10 N–H and O–H groups in total. The van der Waals surface area contributed by atoms with E-state index in [1.807, 2.05) is 0 Å². The minimum atomic E-state index is -1.48. The molecule has 38 heavy (non-hydrogen) atoms. The molecule has 20 heteroatoms. The van der Waals surface area contributed by atoms with E-state index in [0.29, 0.717) is 0 Å². The number of ether oxygens (including phenoxy) is 3. The number of hydrogen-bond acceptors (Lipinski definition) is 18. The molecule has 0 aromatic rings. The molecular weight excluding hydrogens is 550 g/mol. The van der Waals surface area contributed by atoms with Crippen LogP contribution in [-0.4, -0.2) is 125 Å². The summed E-state index contributed by atoms with van der Waals surface area (Å²) in [5.41, 5.74) is 0. The molecule has 18 nitrogen and oxygen atoms in total. The van der Waals surface area contributed by atoms with Crippen LogP contribution in [0.15, 0.2) is 34.6 Å². The summed E-state index contributed by atoms with van der Waals surface area (Å²) < 4.78 is 12.8. The second-order valence-electron chi connectivity index (χ2n) is 6.89. The quantitative estimate of drug-likeness (QED) is 0.0802. The van der Waals surface area contributed by atoms with Gasteiger partial charge in [-0.25, -0.2) is 14.4 Å². The summed E-state index contributed by atoms with van der Waals surface area (Å²) in [6, 6.07) is 0. The molecule has 0 radical (unpaired) electrons. The van der Waals surface area contributed by atoms with Crippen molar-refractivity contribution in [3.8, 4) is 0 Å². The van der Waals surface area contributed by atoms with Crippen molar-refractivity contribution in [3.05, 3.63) is 34.6 Å². The van der Waals surface area contributed by atoms with Crippen LogP contribution in [0.2, 0.25) is 0 Å². The van der Waals surface area contributed by atoms with E-state index in [4.69, 9.17) is 51.1 Å². The smallest absolute Gasteiger partial charge is 0.870 e. The first-order valence-electron chi connectivity index (χ1n) is 9.55. The van der Waals surface area contributed by atoms with Crippen LogP contribution in [-0.2, 0) is 28.6 Å². The molecular formula is C18H22Na2O18. The fourth-order valence-corrected chi connectivity index (χ4v) is 2.44.